The van der Waals surface area contributed by atoms with E-state index in [0.717, 1.165) is 5.92 Å². The Kier molecular flexibility index (Phi) is 3.28. The van der Waals surface area contributed by atoms with E-state index in [9.17, 15) is 0 Å². The molecule has 1 fully saturated rings. The highest BCUT2D eigenvalue weighted by molar-refractivity contribution is 5.67. The van der Waals surface area contributed by atoms with Crippen molar-refractivity contribution in [2.75, 3.05) is 0 Å². The Morgan fingerprint density at radius 1 is 1.22 bits per heavy atom. The van der Waals surface area contributed by atoms with Crippen molar-refractivity contribution in [1.82, 2.24) is 0 Å². The zero-order chi connectivity index (χ0) is 12.5. The first-order valence-electron chi connectivity index (χ1n) is 7.62. The van der Waals surface area contributed by atoms with Gasteiger partial charge in [-0.3, -0.25) is 0 Å². The van der Waals surface area contributed by atoms with E-state index >= 15 is 0 Å². The predicted octanol–water partition coefficient (Wildman–Crippen LogP) is 5.33. The van der Waals surface area contributed by atoms with Crippen LogP contribution in [-0.2, 0) is 6.42 Å². The molecule has 18 heavy (non-hydrogen) atoms. The van der Waals surface area contributed by atoms with E-state index < -0.39 is 0 Å². The normalized spacial score (nSPS) is 20.9. The molecule has 0 aromatic heterocycles. The minimum atomic E-state index is 0.694. The van der Waals surface area contributed by atoms with Gasteiger partial charge in [-0.05, 0) is 54.2 Å². The van der Waals surface area contributed by atoms with Crippen LogP contribution in [0, 0.1) is 5.92 Å². The van der Waals surface area contributed by atoms with Gasteiger partial charge in [0.05, 0.1) is 0 Å². The maximum Gasteiger partial charge on any atom is -0.00549 e. The van der Waals surface area contributed by atoms with Gasteiger partial charge < -0.3 is 0 Å². The Morgan fingerprint density at radius 2 is 2.00 bits per heavy atom. The van der Waals surface area contributed by atoms with Crippen molar-refractivity contribution < 1.29 is 0 Å². The van der Waals surface area contributed by atoms with Crippen molar-refractivity contribution in [3.8, 4) is 0 Å². The molecule has 96 valence electrons. The third-order valence-corrected chi connectivity index (χ3v) is 4.98. The average molecular weight is 240 g/mol. The number of hydrogen-bond donors (Lipinski definition) is 0. The highest BCUT2D eigenvalue weighted by Crippen LogP contribution is 2.40. The molecule has 0 N–H and O–H groups in total. The fourth-order valence-electron chi connectivity index (χ4n) is 3.63. The van der Waals surface area contributed by atoms with Crippen LogP contribution in [0.5, 0.6) is 0 Å². The summed E-state index contributed by atoms with van der Waals surface area (Å²) in [6.45, 7) is 4.65. The molecular weight excluding hydrogens is 216 g/mol. The summed E-state index contributed by atoms with van der Waals surface area (Å²) < 4.78 is 0. The highest BCUT2D eigenvalue weighted by atomic mass is 14.3. The molecule has 1 aromatic rings. The zero-order valence-electron chi connectivity index (χ0n) is 11.7. The van der Waals surface area contributed by atoms with Gasteiger partial charge in [-0.2, -0.15) is 0 Å². The monoisotopic (exact) mass is 240 g/mol. The van der Waals surface area contributed by atoms with Crippen molar-refractivity contribution in [1.29, 1.82) is 0 Å². The van der Waals surface area contributed by atoms with Crippen LogP contribution >= 0.6 is 0 Å². The summed E-state index contributed by atoms with van der Waals surface area (Å²) in [6.07, 6.45) is 10.7. The molecule has 0 heteroatoms. The molecule has 0 aliphatic heterocycles. The number of allylic oxidation sites excluding steroid dienone is 1. The van der Waals surface area contributed by atoms with Gasteiger partial charge in [0.1, 0.15) is 0 Å². The topological polar surface area (TPSA) is 0 Å². The van der Waals surface area contributed by atoms with E-state index in [4.69, 9.17) is 0 Å². The lowest BCUT2D eigenvalue weighted by molar-refractivity contribution is 0.634. The van der Waals surface area contributed by atoms with Gasteiger partial charge in [0.15, 0.2) is 0 Å². The van der Waals surface area contributed by atoms with E-state index in [-0.39, 0.29) is 0 Å². The largest absolute Gasteiger partial charge is 0.0648 e. The summed E-state index contributed by atoms with van der Waals surface area (Å²) in [7, 11) is 0. The molecule has 1 saturated carbocycles. The van der Waals surface area contributed by atoms with E-state index in [1.807, 2.05) is 0 Å². The molecule has 2 aliphatic rings. The molecule has 0 heterocycles. The number of benzene rings is 1. The van der Waals surface area contributed by atoms with Gasteiger partial charge >= 0.3 is 0 Å². The second kappa shape index (κ2) is 4.91. The quantitative estimate of drug-likeness (QED) is 0.670. The molecule has 1 unspecified atom stereocenters. The molecule has 0 nitrogen and oxygen atoms in total. The van der Waals surface area contributed by atoms with E-state index in [1.54, 1.807) is 22.3 Å². The first kappa shape index (κ1) is 12.0. The Balaban J connectivity index is 1.92. The van der Waals surface area contributed by atoms with Crippen molar-refractivity contribution in [3.05, 3.63) is 40.5 Å². The van der Waals surface area contributed by atoms with Crippen LogP contribution in [-0.4, -0.2) is 0 Å². The summed E-state index contributed by atoms with van der Waals surface area (Å²) in [6, 6.07) is 6.92. The fourth-order valence-corrected chi connectivity index (χ4v) is 3.63. The van der Waals surface area contributed by atoms with E-state index in [0.29, 0.717) is 5.92 Å². The molecule has 1 aromatic carbocycles. The first-order chi connectivity index (χ1) is 8.79. The lowest BCUT2D eigenvalue weighted by Gasteiger charge is -2.13. The summed E-state index contributed by atoms with van der Waals surface area (Å²) in [5.74, 6) is 1.58. The minimum absolute atomic E-state index is 0.694. The van der Waals surface area contributed by atoms with Crippen LogP contribution in [0.15, 0.2) is 23.8 Å². The molecule has 0 saturated heterocycles. The molecule has 3 rings (SSSR count). The standard InChI is InChI=1S/C18H24/c1-3-13(2)17-10-6-9-15-11-16(12-18(15)17)14-7-4-5-8-14/h6,9-10,12-14H,3-5,7-8,11H2,1-2H3. The van der Waals surface area contributed by atoms with Gasteiger partial charge in [0.25, 0.3) is 0 Å². The Morgan fingerprint density at radius 3 is 2.72 bits per heavy atom. The third-order valence-electron chi connectivity index (χ3n) is 4.98. The molecular formula is C18H24. The zero-order valence-corrected chi connectivity index (χ0v) is 11.7. The van der Waals surface area contributed by atoms with E-state index in [2.05, 4.69) is 38.1 Å². The first-order valence-corrected chi connectivity index (χ1v) is 7.62. The number of rotatable bonds is 3. The van der Waals surface area contributed by atoms with Crippen LogP contribution in [0.1, 0.15) is 68.6 Å². The van der Waals surface area contributed by atoms with Crippen LogP contribution in [0.25, 0.3) is 6.08 Å². The SMILES string of the molecule is CCC(C)c1cccc2c1C=C(C1CCCC1)C2. The Bertz CT molecular complexity index is 461. The van der Waals surface area contributed by atoms with Gasteiger partial charge in [-0.1, -0.05) is 56.5 Å². The Labute approximate surface area is 111 Å². The third kappa shape index (κ3) is 2.02. The summed E-state index contributed by atoms with van der Waals surface area (Å²) in [5.41, 5.74) is 6.43. The van der Waals surface area contributed by atoms with E-state index in [1.165, 1.54) is 38.5 Å². The van der Waals surface area contributed by atoms with Gasteiger partial charge in [-0.15, -0.1) is 0 Å². The molecule has 0 spiro atoms. The number of fused-ring (bicyclic) bond motifs is 1. The van der Waals surface area contributed by atoms with Crippen LogP contribution < -0.4 is 0 Å². The van der Waals surface area contributed by atoms with Gasteiger partial charge in [0, 0.05) is 0 Å². The maximum absolute atomic E-state index is 2.53. The molecule has 1 atom stereocenters. The van der Waals surface area contributed by atoms with Crippen LogP contribution in [0.4, 0.5) is 0 Å². The average Bonchev–Trinajstić information content (AvgIpc) is 3.04. The second-order valence-electron chi connectivity index (χ2n) is 6.11. The van der Waals surface area contributed by atoms with Crippen molar-refractivity contribution >= 4 is 6.08 Å². The second-order valence-corrected chi connectivity index (χ2v) is 6.11. The summed E-state index contributed by atoms with van der Waals surface area (Å²) >= 11 is 0. The fraction of sp³-hybridized carbons (Fsp3) is 0.556. The molecule has 0 amide bonds. The molecule has 0 bridgehead atoms. The molecule has 0 radical (unpaired) electrons. The minimum Gasteiger partial charge on any atom is -0.0648 e. The predicted molar refractivity (Wildman–Crippen MR) is 78.8 cm³/mol. The number of hydrogen-bond acceptors (Lipinski definition) is 0. The van der Waals surface area contributed by atoms with Crippen LogP contribution in [0.2, 0.25) is 0 Å². The van der Waals surface area contributed by atoms with Crippen LogP contribution in [0.3, 0.4) is 0 Å². The lowest BCUT2D eigenvalue weighted by atomic mass is 9.92. The highest BCUT2D eigenvalue weighted by Gasteiger charge is 2.25. The maximum atomic E-state index is 2.53. The van der Waals surface area contributed by atoms with Crippen molar-refractivity contribution in [2.45, 2.75) is 58.3 Å². The smallest absolute Gasteiger partial charge is 0.00549 e. The Hall–Kier alpha value is -1.04. The lowest BCUT2D eigenvalue weighted by Crippen LogP contribution is -1.98. The molecule has 2 aliphatic carbocycles. The van der Waals surface area contributed by atoms with Gasteiger partial charge in [0.2, 0.25) is 0 Å². The van der Waals surface area contributed by atoms with Crippen molar-refractivity contribution in [3.63, 3.8) is 0 Å². The van der Waals surface area contributed by atoms with Gasteiger partial charge in [-0.25, -0.2) is 0 Å². The summed E-state index contributed by atoms with van der Waals surface area (Å²) in [4.78, 5) is 0. The van der Waals surface area contributed by atoms with Crippen molar-refractivity contribution in [2.24, 2.45) is 5.92 Å². The summed E-state index contributed by atoms with van der Waals surface area (Å²) in [5, 5.41) is 0.